The second-order valence-corrected chi connectivity index (χ2v) is 7.62. The Labute approximate surface area is 153 Å². The Balaban J connectivity index is 1.33. The number of amides is 2. The number of allylic oxidation sites excluding steroid dienone is 2. The molecule has 3 heterocycles. The molecule has 0 N–H and O–H groups in total. The molecule has 3 aliphatic rings. The summed E-state index contributed by atoms with van der Waals surface area (Å²) in [5.41, 5.74) is 0.291. The highest BCUT2D eigenvalue weighted by molar-refractivity contribution is 5.93. The highest BCUT2D eigenvalue weighted by Crippen LogP contribution is 2.32. The number of rotatable bonds is 3. The fourth-order valence-electron chi connectivity index (χ4n) is 4.26. The monoisotopic (exact) mass is 358 g/mol. The van der Waals surface area contributed by atoms with Gasteiger partial charge < -0.3 is 19.0 Å². The molecule has 2 fully saturated rings. The van der Waals surface area contributed by atoms with Gasteiger partial charge in [-0.3, -0.25) is 9.59 Å². The van der Waals surface area contributed by atoms with E-state index in [0.29, 0.717) is 50.7 Å². The molecule has 1 aliphatic carbocycles. The molecular formula is C20H26N2O4. The first kappa shape index (κ1) is 17.3. The van der Waals surface area contributed by atoms with Crippen LogP contribution in [0.2, 0.25) is 0 Å². The zero-order valence-electron chi connectivity index (χ0n) is 15.1. The van der Waals surface area contributed by atoms with Crippen LogP contribution in [0.1, 0.15) is 42.5 Å². The highest BCUT2D eigenvalue weighted by atomic mass is 16.5. The van der Waals surface area contributed by atoms with Gasteiger partial charge in [-0.05, 0) is 37.7 Å². The third-order valence-corrected chi connectivity index (χ3v) is 5.88. The van der Waals surface area contributed by atoms with Gasteiger partial charge in [-0.2, -0.15) is 0 Å². The lowest BCUT2D eigenvalue weighted by molar-refractivity contribution is -0.158. The number of carbonyl (C=O) groups is 2. The number of ether oxygens (including phenoxy) is 1. The fourth-order valence-corrected chi connectivity index (χ4v) is 4.26. The molecule has 1 aromatic rings. The summed E-state index contributed by atoms with van der Waals surface area (Å²) in [6.45, 7) is 3.21. The van der Waals surface area contributed by atoms with Crippen LogP contribution in [0.15, 0.2) is 35.2 Å². The SMILES string of the molecule is O=C(CC1C=CCC1)N1CCOC2(CCN(C(=O)c3ccoc3)CC2)C1. The maximum absolute atomic E-state index is 12.7. The van der Waals surface area contributed by atoms with Crippen LogP contribution in [0.5, 0.6) is 0 Å². The molecule has 2 saturated heterocycles. The van der Waals surface area contributed by atoms with Gasteiger partial charge in [-0.25, -0.2) is 0 Å². The topological polar surface area (TPSA) is 63.0 Å². The Morgan fingerprint density at radius 1 is 1.19 bits per heavy atom. The molecule has 1 unspecified atom stereocenters. The van der Waals surface area contributed by atoms with Crippen LogP contribution in [-0.4, -0.2) is 60.0 Å². The van der Waals surface area contributed by atoms with E-state index in [2.05, 4.69) is 12.2 Å². The van der Waals surface area contributed by atoms with E-state index in [9.17, 15) is 9.59 Å². The Hall–Kier alpha value is -2.08. The maximum atomic E-state index is 12.7. The molecule has 0 radical (unpaired) electrons. The summed E-state index contributed by atoms with van der Waals surface area (Å²) in [5, 5.41) is 0. The van der Waals surface area contributed by atoms with Crippen molar-refractivity contribution in [1.82, 2.24) is 9.80 Å². The summed E-state index contributed by atoms with van der Waals surface area (Å²) >= 11 is 0. The number of hydrogen-bond acceptors (Lipinski definition) is 4. The number of carbonyl (C=O) groups excluding carboxylic acids is 2. The van der Waals surface area contributed by atoms with Gasteiger partial charge in [0.15, 0.2) is 0 Å². The van der Waals surface area contributed by atoms with Crippen molar-refractivity contribution in [3.8, 4) is 0 Å². The van der Waals surface area contributed by atoms with Gasteiger partial charge in [-0.1, -0.05) is 12.2 Å². The van der Waals surface area contributed by atoms with E-state index in [4.69, 9.17) is 9.15 Å². The van der Waals surface area contributed by atoms with Gasteiger partial charge in [0.25, 0.3) is 5.91 Å². The first-order chi connectivity index (χ1) is 12.7. The number of furan rings is 1. The van der Waals surface area contributed by atoms with Crippen molar-refractivity contribution in [3.05, 3.63) is 36.3 Å². The molecule has 2 aliphatic heterocycles. The Kier molecular flexibility index (Phi) is 4.85. The van der Waals surface area contributed by atoms with Crippen molar-refractivity contribution in [2.45, 2.75) is 37.7 Å². The Morgan fingerprint density at radius 3 is 2.73 bits per heavy atom. The summed E-state index contributed by atoms with van der Waals surface area (Å²) in [6.07, 6.45) is 11.7. The number of piperidine rings is 1. The number of likely N-dealkylation sites (tertiary alicyclic amines) is 1. The Morgan fingerprint density at radius 2 is 2.04 bits per heavy atom. The minimum Gasteiger partial charge on any atom is -0.472 e. The van der Waals surface area contributed by atoms with Gasteiger partial charge in [-0.15, -0.1) is 0 Å². The normalized spacial score (nSPS) is 25.0. The number of hydrogen-bond donors (Lipinski definition) is 0. The fraction of sp³-hybridized carbons (Fsp3) is 0.600. The molecule has 140 valence electrons. The van der Waals surface area contributed by atoms with E-state index in [-0.39, 0.29) is 17.4 Å². The van der Waals surface area contributed by atoms with Gasteiger partial charge in [0.05, 0.1) is 24.0 Å². The van der Waals surface area contributed by atoms with Crippen LogP contribution >= 0.6 is 0 Å². The molecule has 4 rings (SSSR count). The van der Waals surface area contributed by atoms with E-state index >= 15 is 0 Å². The summed E-state index contributed by atoms with van der Waals surface area (Å²) in [7, 11) is 0. The smallest absolute Gasteiger partial charge is 0.257 e. The molecule has 0 bridgehead atoms. The first-order valence-electron chi connectivity index (χ1n) is 9.55. The molecule has 26 heavy (non-hydrogen) atoms. The highest BCUT2D eigenvalue weighted by Gasteiger charge is 2.42. The summed E-state index contributed by atoms with van der Waals surface area (Å²) < 4.78 is 11.1. The van der Waals surface area contributed by atoms with E-state index < -0.39 is 0 Å². The molecule has 6 nitrogen and oxygen atoms in total. The van der Waals surface area contributed by atoms with Crippen molar-refractivity contribution in [3.63, 3.8) is 0 Å². The van der Waals surface area contributed by atoms with Gasteiger partial charge in [0, 0.05) is 32.6 Å². The molecule has 1 atom stereocenters. The average molecular weight is 358 g/mol. The molecule has 1 spiro atoms. The lowest BCUT2D eigenvalue weighted by atomic mass is 9.88. The summed E-state index contributed by atoms with van der Waals surface area (Å²) in [5.74, 6) is 0.641. The lowest BCUT2D eigenvalue weighted by Crippen LogP contribution is -2.58. The van der Waals surface area contributed by atoms with E-state index in [1.165, 1.54) is 12.5 Å². The minimum absolute atomic E-state index is 0.00497. The number of morpholine rings is 1. The van der Waals surface area contributed by atoms with Crippen molar-refractivity contribution in [2.75, 3.05) is 32.8 Å². The van der Waals surface area contributed by atoms with E-state index in [0.717, 1.165) is 25.7 Å². The predicted octanol–water partition coefficient (Wildman–Crippen LogP) is 2.47. The summed E-state index contributed by atoms with van der Waals surface area (Å²) in [4.78, 5) is 28.9. The zero-order chi connectivity index (χ0) is 18.0. The first-order valence-corrected chi connectivity index (χ1v) is 9.55. The van der Waals surface area contributed by atoms with Gasteiger partial charge >= 0.3 is 0 Å². The molecule has 6 heteroatoms. The molecule has 2 amide bonds. The third-order valence-electron chi connectivity index (χ3n) is 5.88. The van der Waals surface area contributed by atoms with E-state index in [1.807, 2.05) is 9.80 Å². The van der Waals surface area contributed by atoms with E-state index in [1.54, 1.807) is 6.07 Å². The van der Waals surface area contributed by atoms with Crippen LogP contribution in [0.3, 0.4) is 0 Å². The van der Waals surface area contributed by atoms with Crippen LogP contribution < -0.4 is 0 Å². The van der Waals surface area contributed by atoms with Crippen molar-refractivity contribution in [2.24, 2.45) is 5.92 Å². The second-order valence-electron chi connectivity index (χ2n) is 7.62. The standard InChI is InChI=1S/C20H26N2O4/c23-18(13-16-3-1-2-4-16)22-10-12-26-20(15-22)6-8-21(9-7-20)19(24)17-5-11-25-14-17/h1,3,5,11,14,16H,2,4,6-10,12-13,15H2. The van der Waals surface area contributed by atoms with Crippen molar-refractivity contribution in [1.29, 1.82) is 0 Å². The van der Waals surface area contributed by atoms with Crippen molar-refractivity contribution < 1.29 is 18.7 Å². The lowest BCUT2D eigenvalue weighted by Gasteiger charge is -2.47. The second kappa shape index (κ2) is 7.27. The maximum Gasteiger partial charge on any atom is 0.257 e. The molecule has 1 aromatic heterocycles. The van der Waals surface area contributed by atoms with Crippen LogP contribution in [0.25, 0.3) is 0 Å². The average Bonchev–Trinajstić information content (AvgIpc) is 3.36. The van der Waals surface area contributed by atoms with Crippen LogP contribution in [0, 0.1) is 5.92 Å². The van der Waals surface area contributed by atoms with Crippen LogP contribution in [-0.2, 0) is 9.53 Å². The molecular weight excluding hydrogens is 332 g/mol. The van der Waals surface area contributed by atoms with Crippen molar-refractivity contribution >= 4 is 11.8 Å². The predicted molar refractivity (Wildman–Crippen MR) is 95.6 cm³/mol. The third kappa shape index (κ3) is 3.56. The van der Waals surface area contributed by atoms with Gasteiger partial charge in [0.1, 0.15) is 6.26 Å². The number of nitrogens with zero attached hydrogens (tertiary/aromatic N) is 2. The van der Waals surface area contributed by atoms with Crippen LogP contribution in [0.4, 0.5) is 0 Å². The summed E-state index contributed by atoms with van der Waals surface area (Å²) in [6, 6.07) is 1.70. The Bertz CT molecular complexity index is 674. The van der Waals surface area contributed by atoms with Gasteiger partial charge in [0.2, 0.25) is 5.91 Å². The zero-order valence-corrected chi connectivity index (χ0v) is 15.1. The molecule has 0 saturated carbocycles. The quantitative estimate of drug-likeness (QED) is 0.779. The largest absolute Gasteiger partial charge is 0.472 e. The molecule has 0 aromatic carbocycles. The minimum atomic E-state index is -0.299.